The van der Waals surface area contributed by atoms with Crippen molar-refractivity contribution in [3.63, 3.8) is 0 Å². The molecule has 0 saturated carbocycles. The van der Waals surface area contributed by atoms with Crippen LogP contribution in [0.4, 0.5) is 0 Å². The van der Waals surface area contributed by atoms with E-state index in [2.05, 4.69) is 36.0 Å². The molecule has 0 bridgehead atoms. The molecule has 0 heterocycles. The quantitative estimate of drug-likeness (QED) is 0.286. The van der Waals surface area contributed by atoms with Crippen molar-refractivity contribution in [1.82, 2.24) is 5.32 Å². The third-order valence-electron chi connectivity index (χ3n) is 1.40. The lowest BCUT2D eigenvalue weighted by Gasteiger charge is -2.02. The molecule has 0 amide bonds. The largest absolute Gasteiger partial charge is 0.376 e. The number of aliphatic imine (C=N–C) groups is 1. The summed E-state index contributed by atoms with van der Waals surface area (Å²) in [5.41, 5.74) is 0. The number of rotatable bonds is 5. The maximum atomic E-state index is 4.05. The number of nitrogens with one attached hydrogen (secondary N) is 1. The number of nitrogens with zero attached hydrogens (tertiary/aromatic N) is 1. The van der Waals surface area contributed by atoms with E-state index in [4.69, 9.17) is 0 Å². The SMILES string of the molecule is CC#CC/N=C\NCCC(C)C. The van der Waals surface area contributed by atoms with Crippen molar-refractivity contribution in [2.45, 2.75) is 27.2 Å². The zero-order valence-electron chi connectivity index (χ0n) is 8.22. The first kappa shape index (κ1) is 11.0. The molecule has 68 valence electrons. The van der Waals surface area contributed by atoms with Crippen LogP contribution in [0.25, 0.3) is 0 Å². The Morgan fingerprint density at radius 2 is 2.25 bits per heavy atom. The summed E-state index contributed by atoms with van der Waals surface area (Å²) in [6.07, 6.45) is 2.93. The van der Waals surface area contributed by atoms with Gasteiger partial charge in [-0.05, 0) is 19.3 Å². The minimum atomic E-state index is 0.602. The predicted molar refractivity (Wildman–Crippen MR) is 54.3 cm³/mol. The Kier molecular flexibility index (Phi) is 7.47. The average molecular weight is 166 g/mol. The van der Waals surface area contributed by atoms with Gasteiger partial charge in [-0.2, -0.15) is 0 Å². The minimum absolute atomic E-state index is 0.602. The van der Waals surface area contributed by atoms with Gasteiger partial charge in [0.2, 0.25) is 0 Å². The van der Waals surface area contributed by atoms with Crippen molar-refractivity contribution in [2.75, 3.05) is 13.1 Å². The highest BCUT2D eigenvalue weighted by Crippen LogP contribution is 1.95. The van der Waals surface area contributed by atoms with Gasteiger partial charge in [-0.1, -0.05) is 19.8 Å². The Hall–Kier alpha value is -0.970. The summed E-state index contributed by atoms with van der Waals surface area (Å²) in [4.78, 5) is 4.05. The molecule has 0 radical (unpaired) electrons. The van der Waals surface area contributed by atoms with Crippen LogP contribution in [0.2, 0.25) is 0 Å². The molecule has 0 aliphatic carbocycles. The van der Waals surface area contributed by atoms with Gasteiger partial charge in [0.15, 0.2) is 0 Å². The zero-order valence-corrected chi connectivity index (χ0v) is 8.22. The average Bonchev–Trinajstić information content (AvgIpc) is 2.02. The molecule has 2 nitrogen and oxygen atoms in total. The summed E-state index contributed by atoms with van der Waals surface area (Å²) >= 11 is 0. The van der Waals surface area contributed by atoms with E-state index in [0.717, 1.165) is 12.5 Å². The van der Waals surface area contributed by atoms with Gasteiger partial charge in [-0.3, -0.25) is 4.99 Å². The summed E-state index contributed by atoms with van der Waals surface area (Å²) in [5, 5.41) is 3.12. The van der Waals surface area contributed by atoms with E-state index in [0.29, 0.717) is 6.54 Å². The predicted octanol–water partition coefficient (Wildman–Crippen LogP) is 1.67. The van der Waals surface area contributed by atoms with Crippen molar-refractivity contribution in [1.29, 1.82) is 0 Å². The molecule has 0 fully saturated rings. The molecule has 0 aromatic rings. The fourth-order valence-electron chi connectivity index (χ4n) is 0.671. The maximum Gasteiger partial charge on any atom is 0.101 e. The molecule has 12 heavy (non-hydrogen) atoms. The molecule has 0 saturated heterocycles. The lowest BCUT2D eigenvalue weighted by atomic mass is 10.1. The van der Waals surface area contributed by atoms with Crippen LogP contribution in [0, 0.1) is 17.8 Å². The molecule has 0 aromatic heterocycles. The topological polar surface area (TPSA) is 24.4 Å². The molecule has 0 unspecified atom stereocenters. The Bertz CT molecular complexity index is 172. The number of hydrogen-bond acceptors (Lipinski definition) is 1. The van der Waals surface area contributed by atoms with Crippen molar-refractivity contribution < 1.29 is 0 Å². The Balaban J connectivity index is 3.17. The summed E-state index contributed by atoms with van der Waals surface area (Å²) in [7, 11) is 0. The van der Waals surface area contributed by atoms with Gasteiger partial charge in [0.05, 0.1) is 6.34 Å². The van der Waals surface area contributed by atoms with Crippen LogP contribution < -0.4 is 5.32 Å². The highest BCUT2D eigenvalue weighted by Gasteiger charge is 1.89. The molecule has 0 aromatic carbocycles. The number of hydrogen-bond donors (Lipinski definition) is 1. The first-order chi connectivity index (χ1) is 5.77. The van der Waals surface area contributed by atoms with Crippen LogP contribution in [0.1, 0.15) is 27.2 Å². The van der Waals surface area contributed by atoms with E-state index in [1.54, 1.807) is 6.34 Å². The van der Waals surface area contributed by atoms with Crippen LogP contribution in [-0.4, -0.2) is 19.4 Å². The highest BCUT2D eigenvalue weighted by molar-refractivity contribution is 5.54. The van der Waals surface area contributed by atoms with Crippen molar-refractivity contribution >= 4 is 6.34 Å². The normalized spacial score (nSPS) is 10.0. The van der Waals surface area contributed by atoms with Crippen molar-refractivity contribution in [2.24, 2.45) is 10.9 Å². The summed E-state index contributed by atoms with van der Waals surface area (Å²) in [6, 6.07) is 0. The monoisotopic (exact) mass is 166 g/mol. The van der Waals surface area contributed by atoms with Crippen molar-refractivity contribution in [3.05, 3.63) is 0 Å². The third kappa shape index (κ3) is 9.03. The molecule has 0 aliphatic heterocycles. The first-order valence-electron chi connectivity index (χ1n) is 4.38. The molecule has 1 N–H and O–H groups in total. The summed E-state index contributed by atoms with van der Waals surface area (Å²) < 4.78 is 0. The van der Waals surface area contributed by atoms with Gasteiger partial charge < -0.3 is 5.32 Å². The highest BCUT2D eigenvalue weighted by atomic mass is 14.9. The molecule has 0 rings (SSSR count). The van der Waals surface area contributed by atoms with E-state index >= 15 is 0 Å². The third-order valence-corrected chi connectivity index (χ3v) is 1.40. The molecule has 2 heteroatoms. The van der Waals surface area contributed by atoms with E-state index in [-0.39, 0.29) is 0 Å². The van der Waals surface area contributed by atoms with Gasteiger partial charge in [0.25, 0.3) is 0 Å². The minimum Gasteiger partial charge on any atom is -0.376 e. The van der Waals surface area contributed by atoms with Gasteiger partial charge >= 0.3 is 0 Å². The summed E-state index contributed by atoms with van der Waals surface area (Å²) in [5.74, 6) is 6.40. The standard InChI is InChI=1S/C10H18N2/c1-4-5-7-11-9-12-8-6-10(2)3/h9-10H,6-8H2,1-3H3,(H,11,12). The first-order valence-corrected chi connectivity index (χ1v) is 4.38. The lowest BCUT2D eigenvalue weighted by molar-refractivity contribution is 0.580. The van der Waals surface area contributed by atoms with Crippen molar-refractivity contribution in [3.8, 4) is 11.8 Å². The van der Waals surface area contributed by atoms with E-state index in [9.17, 15) is 0 Å². The van der Waals surface area contributed by atoms with Gasteiger partial charge in [-0.15, -0.1) is 5.92 Å². The Morgan fingerprint density at radius 1 is 1.50 bits per heavy atom. The van der Waals surface area contributed by atoms with Gasteiger partial charge in [0.1, 0.15) is 6.54 Å². The van der Waals surface area contributed by atoms with E-state index in [1.807, 2.05) is 6.92 Å². The van der Waals surface area contributed by atoms with E-state index in [1.165, 1.54) is 6.42 Å². The van der Waals surface area contributed by atoms with Crippen LogP contribution in [0.3, 0.4) is 0 Å². The second kappa shape index (κ2) is 8.13. The lowest BCUT2D eigenvalue weighted by Crippen LogP contribution is -2.14. The molecule has 0 aliphatic rings. The second-order valence-electron chi connectivity index (χ2n) is 3.03. The van der Waals surface area contributed by atoms with Crippen LogP contribution >= 0.6 is 0 Å². The Labute approximate surface area is 75.5 Å². The smallest absolute Gasteiger partial charge is 0.101 e. The Morgan fingerprint density at radius 3 is 2.83 bits per heavy atom. The zero-order chi connectivity index (χ0) is 9.23. The molecule has 0 atom stereocenters. The fourth-order valence-corrected chi connectivity index (χ4v) is 0.671. The van der Waals surface area contributed by atoms with Crippen LogP contribution in [-0.2, 0) is 0 Å². The molecular weight excluding hydrogens is 148 g/mol. The van der Waals surface area contributed by atoms with Gasteiger partial charge in [-0.25, -0.2) is 0 Å². The van der Waals surface area contributed by atoms with E-state index < -0.39 is 0 Å². The fraction of sp³-hybridized carbons (Fsp3) is 0.700. The van der Waals surface area contributed by atoms with Crippen LogP contribution in [0.5, 0.6) is 0 Å². The van der Waals surface area contributed by atoms with Gasteiger partial charge in [0, 0.05) is 6.54 Å². The maximum absolute atomic E-state index is 4.05. The molecular formula is C10H18N2. The second-order valence-corrected chi connectivity index (χ2v) is 3.03. The van der Waals surface area contributed by atoms with Crippen LogP contribution in [0.15, 0.2) is 4.99 Å². The molecule has 0 spiro atoms. The summed E-state index contributed by atoms with van der Waals surface area (Å²) in [6.45, 7) is 7.84.